The van der Waals surface area contributed by atoms with Crippen LogP contribution in [0.25, 0.3) is 0 Å². The Morgan fingerprint density at radius 3 is 1.78 bits per heavy atom. The third-order valence-corrected chi connectivity index (χ3v) is 3.58. The molecule has 0 spiro atoms. The molecule has 130 valence electrons. The maximum absolute atomic E-state index is 12.0. The van der Waals surface area contributed by atoms with E-state index in [1.165, 1.54) is 0 Å². The molecule has 11 heteroatoms. The number of alkyl halides is 6. The molecule has 1 aromatic rings. The van der Waals surface area contributed by atoms with E-state index in [2.05, 4.69) is 4.18 Å². The number of carbonyl (C=O) groups is 2. The second kappa shape index (κ2) is 8.65. The fraction of sp³-hybridized carbons (Fsp3) is 0.333. The van der Waals surface area contributed by atoms with E-state index >= 15 is 0 Å². The highest BCUT2D eigenvalue weighted by atomic mass is 32.2. The average molecular weight is 364 g/mol. The molecule has 0 saturated heterocycles. The summed E-state index contributed by atoms with van der Waals surface area (Å²) in [5.41, 5.74) is 0. The van der Waals surface area contributed by atoms with Crippen LogP contribution in [0.3, 0.4) is 0 Å². The molecule has 1 unspecified atom stereocenters. The van der Waals surface area contributed by atoms with Gasteiger partial charge in [0.05, 0.1) is 0 Å². The largest absolute Gasteiger partial charge is 0.542 e. The van der Waals surface area contributed by atoms with Gasteiger partial charge in [0.15, 0.2) is 5.75 Å². The third kappa shape index (κ3) is 8.33. The Morgan fingerprint density at radius 1 is 1.04 bits per heavy atom. The SMILES string of the molecule is CC[S+](OC(=O)C(F)(F)F)c1ccccc1.O=C([O-])C(F)(F)F. The average Bonchev–Trinajstić information content (AvgIpc) is 2.44. The van der Waals surface area contributed by atoms with Crippen molar-refractivity contribution in [2.45, 2.75) is 24.2 Å². The first-order chi connectivity index (χ1) is 10.4. The topological polar surface area (TPSA) is 66.4 Å². The zero-order valence-electron chi connectivity index (χ0n) is 11.4. The molecular weight excluding hydrogens is 354 g/mol. The van der Waals surface area contributed by atoms with E-state index in [-0.39, 0.29) is 0 Å². The van der Waals surface area contributed by atoms with Crippen LogP contribution in [0.5, 0.6) is 0 Å². The van der Waals surface area contributed by atoms with Crippen molar-refractivity contribution in [3.05, 3.63) is 30.3 Å². The van der Waals surface area contributed by atoms with Gasteiger partial charge in [-0.15, -0.1) is 0 Å². The van der Waals surface area contributed by atoms with Crippen LogP contribution in [0.4, 0.5) is 26.3 Å². The molecule has 0 aliphatic rings. The molecule has 0 aliphatic heterocycles. The number of benzene rings is 1. The molecule has 0 saturated carbocycles. The summed E-state index contributed by atoms with van der Waals surface area (Å²) >= 11 is -1.14. The first kappa shape index (κ1) is 21.1. The maximum atomic E-state index is 12.0. The molecule has 0 aromatic heterocycles. The summed E-state index contributed by atoms with van der Waals surface area (Å²) in [4.78, 5) is 20.0. The molecule has 23 heavy (non-hydrogen) atoms. The van der Waals surface area contributed by atoms with E-state index in [0.717, 1.165) is 0 Å². The van der Waals surface area contributed by atoms with Crippen molar-refractivity contribution < 1.29 is 45.2 Å². The number of hydrogen-bond acceptors (Lipinski definition) is 4. The molecule has 0 heterocycles. The second-order valence-electron chi connectivity index (χ2n) is 3.60. The molecule has 0 bridgehead atoms. The molecule has 0 N–H and O–H groups in total. The van der Waals surface area contributed by atoms with Crippen LogP contribution in [0.2, 0.25) is 0 Å². The van der Waals surface area contributed by atoms with Crippen molar-refractivity contribution in [2.75, 3.05) is 5.75 Å². The van der Waals surface area contributed by atoms with Crippen molar-refractivity contribution in [3.8, 4) is 0 Å². The number of aliphatic carboxylic acids is 1. The Kier molecular flexibility index (Phi) is 7.93. The lowest BCUT2D eigenvalue weighted by atomic mass is 10.4. The van der Waals surface area contributed by atoms with E-state index in [4.69, 9.17) is 9.90 Å². The van der Waals surface area contributed by atoms with Gasteiger partial charge in [0.2, 0.25) is 16.1 Å². The molecule has 0 amide bonds. The minimum Gasteiger partial charge on any atom is -0.542 e. The van der Waals surface area contributed by atoms with Crippen molar-refractivity contribution in [1.82, 2.24) is 0 Å². The minimum absolute atomic E-state index is 0.325. The van der Waals surface area contributed by atoms with Crippen LogP contribution >= 0.6 is 0 Å². The van der Waals surface area contributed by atoms with Gasteiger partial charge in [0, 0.05) is 0 Å². The summed E-state index contributed by atoms with van der Waals surface area (Å²) in [6.07, 6.45) is -10.1. The second-order valence-corrected chi connectivity index (χ2v) is 5.51. The zero-order chi connectivity index (χ0) is 18.3. The highest BCUT2D eigenvalue weighted by molar-refractivity contribution is 7.92. The van der Waals surface area contributed by atoms with Gasteiger partial charge in [0.25, 0.3) is 0 Å². The molecule has 0 aliphatic carbocycles. The summed E-state index contributed by atoms with van der Waals surface area (Å²) in [5.74, 6) is -4.82. The summed E-state index contributed by atoms with van der Waals surface area (Å²) in [7, 11) is 0. The van der Waals surface area contributed by atoms with Crippen molar-refractivity contribution in [2.24, 2.45) is 0 Å². The van der Waals surface area contributed by atoms with E-state index in [1.54, 1.807) is 37.3 Å². The molecule has 0 fully saturated rings. The molecule has 1 atom stereocenters. The fourth-order valence-corrected chi connectivity index (χ4v) is 2.27. The Hall–Kier alpha value is -1.91. The number of carbonyl (C=O) groups excluding carboxylic acids is 2. The number of hydrogen-bond donors (Lipinski definition) is 0. The van der Waals surface area contributed by atoms with Gasteiger partial charge in [-0.05, 0) is 19.1 Å². The number of carboxylic acid groups (broad SMARTS) is 1. The van der Waals surface area contributed by atoms with E-state index in [0.29, 0.717) is 10.6 Å². The van der Waals surface area contributed by atoms with Gasteiger partial charge >= 0.3 is 18.3 Å². The van der Waals surface area contributed by atoms with Crippen LogP contribution < -0.4 is 5.11 Å². The van der Waals surface area contributed by atoms with Crippen molar-refractivity contribution in [1.29, 1.82) is 0 Å². The monoisotopic (exact) mass is 364 g/mol. The van der Waals surface area contributed by atoms with Crippen molar-refractivity contribution in [3.63, 3.8) is 0 Å². The normalized spacial score (nSPS) is 12.7. The minimum atomic E-state index is -5.19. The van der Waals surface area contributed by atoms with E-state index in [1.807, 2.05) is 0 Å². The van der Waals surface area contributed by atoms with Gasteiger partial charge in [-0.25, -0.2) is 8.98 Å². The van der Waals surface area contributed by atoms with E-state index in [9.17, 15) is 31.1 Å². The Morgan fingerprint density at radius 2 is 1.48 bits per heavy atom. The number of halogens is 6. The Labute approximate surface area is 129 Å². The van der Waals surface area contributed by atoms with Crippen LogP contribution in [-0.4, -0.2) is 30.0 Å². The predicted octanol–water partition coefficient (Wildman–Crippen LogP) is 2.00. The van der Waals surface area contributed by atoms with Gasteiger partial charge in [-0.2, -0.15) is 26.3 Å². The molecule has 1 rings (SSSR count). The standard InChI is InChI=1S/C10H10F3O2S.C2HF3O2/c1-2-16(8-6-4-3-5-7-8)15-9(14)10(11,12)13;3-2(4,5)1(6)7/h3-7H,2H2,1H3;(H,6,7)/q+1;/p-1. The Balaban J connectivity index is 0.000000585. The number of rotatable bonds is 3. The predicted molar refractivity (Wildman–Crippen MR) is 65.8 cm³/mol. The summed E-state index contributed by atoms with van der Waals surface area (Å²) < 4.78 is 71.9. The zero-order valence-corrected chi connectivity index (χ0v) is 12.2. The highest BCUT2D eigenvalue weighted by Gasteiger charge is 2.46. The maximum Gasteiger partial charge on any atom is 0.496 e. The Bertz CT molecular complexity index is 515. The van der Waals surface area contributed by atoms with Gasteiger partial charge in [-0.1, -0.05) is 18.2 Å². The number of carboxylic acids is 1. The molecule has 4 nitrogen and oxygen atoms in total. The lowest BCUT2D eigenvalue weighted by molar-refractivity contribution is -0.344. The van der Waals surface area contributed by atoms with Crippen LogP contribution in [0, 0.1) is 0 Å². The lowest BCUT2D eigenvalue weighted by Crippen LogP contribution is -2.37. The first-order valence-electron chi connectivity index (χ1n) is 5.73. The summed E-state index contributed by atoms with van der Waals surface area (Å²) in [6.45, 7) is 1.67. The quantitative estimate of drug-likeness (QED) is 0.608. The van der Waals surface area contributed by atoms with E-state index < -0.39 is 35.5 Å². The summed E-state index contributed by atoms with van der Waals surface area (Å²) in [6, 6.07) is 8.39. The van der Waals surface area contributed by atoms with Gasteiger partial charge in [-0.3, -0.25) is 0 Å². The molecule has 1 aromatic carbocycles. The van der Waals surface area contributed by atoms with Crippen molar-refractivity contribution >= 4 is 23.1 Å². The lowest BCUT2D eigenvalue weighted by Gasteiger charge is -2.05. The first-order valence-corrected chi connectivity index (χ1v) is 7.05. The molecular formula is C12H10F6O4S. The third-order valence-electron chi connectivity index (χ3n) is 1.91. The van der Waals surface area contributed by atoms with Crippen LogP contribution in [0.15, 0.2) is 35.2 Å². The summed E-state index contributed by atoms with van der Waals surface area (Å²) in [5, 5.41) is 8.78. The van der Waals surface area contributed by atoms with Gasteiger partial charge in [0.1, 0.15) is 5.97 Å². The molecule has 0 radical (unpaired) electrons. The van der Waals surface area contributed by atoms with Crippen LogP contribution in [0.1, 0.15) is 6.92 Å². The highest BCUT2D eigenvalue weighted by Crippen LogP contribution is 2.22. The fourth-order valence-electron chi connectivity index (χ4n) is 0.985. The van der Waals surface area contributed by atoms with Gasteiger partial charge < -0.3 is 9.90 Å². The van der Waals surface area contributed by atoms with Crippen LogP contribution in [-0.2, 0) is 24.9 Å². The smallest absolute Gasteiger partial charge is 0.496 e.